The van der Waals surface area contributed by atoms with Crippen LogP contribution >= 0.6 is 0 Å². The maximum atomic E-state index is 4.91. The predicted molar refractivity (Wildman–Crippen MR) is 79.4 cm³/mol. The molecule has 0 aliphatic heterocycles. The SMILES string of the molecule is CNC(C)c1ccc2c(c1)nc(C1CCCC1)n2C. The molecule has 0 saturated heterocycles. The minimum absolute atomic E-state index is 0.376. The molecule has 102 valence electrons. The summed E-state index contributed by atoms with van der Waals surface area (Å²) < 4.78 is 2.29. The van der Waals surface area contributed by atoms with E-state index in [1.807, 2.05) is 7.05 Å². The fraction of sp³-hybridized carbons (Fsp3) is 0.562. The van der Waals surface area contributed by atoms with Crippen LogP contribution < -0.4 is 5.32 Å². The van der Waals surface area contributed by atoms with Crippen molar-refractivity contribution >= 4 is 11.0 Å². The van der Waals surface area contributed by atoms with Crippen molar-refractivity contribution in [1.82, 2.24) is 14.9 Å². The average Bonchev–Trinajstić information content (AvgIpc) is 3.05. The normalized spacial score (nSPS) is 18.3. The van der Waals surface area contributed by atoms with Crippen LogP contribution in [-0.2, 0) is 7.05 Å². The van der Waals surface area contributed by atoms with Crippen molar-refractivity contribution in [2.24, 2.45) is 7.05 Å². The second-order valence-corrected chi connectivity index (χ2v) is 5.77. The van der Waals surface area contributed by atoms with E-state index in [-0.39, 0.29) is 0 Å². The topological polar surface area (TPSA) is 29.9 Å². The van der Waals surface area contributed by atoms with E-state index in [4.69, 9.17) is 4.98 Å². The summed E-state index contributed by atoms with van der Waals surface area (Å²) in [6, 6.07) is 7.03. The molecule has 1 aliphatic rings. The van der Waals surface area contributed by atoms with Crippen molar-refractivity contribution in [2.75, 3.05) is 7.05 Å². The number of nitrogens with one attached hydrogen (secondary N) is 1. The monoisotopic (exact) mass is 257 g/mol. The molecular weight excluding hydrogens is 234 g/mol. The molecule has 3 heteroatoms. The van der Waals surface area contributed by atoms with Crippen LogP contribution in [0.2, 0.25) is 0 Å². The number of hydrogen-bond donors (Lipinski definition) is 1. The first-order valence-corrected chi connectivity index (χ1v) is 7.34. The summed E-state index contributed by atoms with van der Waals surface area (Å²) in [6.07, 6.45) is 5.32. The molecule has 3 rings (SSSR count). The molecular formula is C16H23N3. The van der Waals surface area contributed by atoms with E-state index < -0.39 is 0 Å². The first-order chi connectivity index (χ1) is 9.20. The lowest BCUT2D eigenvalue weighted by atomic mass is 10.1. The van der Waals surface area contributed by atoms with E-state index in [1.165, 1.54) is 42.6 Å². The second kappa shape index (κ2) is 4.97. The summed E-state index contributed by atoms with van der Waals surface area (Å²) in [6.45, 7) is 2.18. The molecule has 1 aromatic heterocycles. The van der Waals surface area contributed by atoms with Gasteiger partial charge in [0.15, 0.2) is 0 Å². The van der Waals surface area contributed by atoms with E-state index in [1.54, 1.807) is 0 Å². The largest absolute Gasteiger partial charge is 0.331 e. The quantitative estimate of drug-likeness (QED) is 0.912. The molecule has 1 aliphatic carbocycles. The fourth-order valence-corrected chi connectivity index (χ4v) is 3.22. The van der Waals surface area contributed by atoms with Gasteiger partial charge in [-0.1, -0.05) is 18.9 Å². The lowest BCUT2D eigenvalue weighted by Crippen LogP contribution is -2.11. The number of imidazole rings is 1. The van der Waals surface area contributed by atoms with Crippen molar-refractivity contribution in [1.29, 1.82) is 0 Å². The van der Waals surface area contributed by atoms with Gasteiger partial charge in [-0.15, -0.1) is 0 Å². The Hall–Kier alpha value is -1.35. The van der Waals surface area contributed by atoms with Crippen LogP contribution in [0.5, 0.6) is 0 Å². The first-order valence-electron chi connectivity index (χ1n) is 7.34. The summed E-state index contributed by atoms with van der Waals surface area (Å²) in [5, 5.41) is 3.29. The van der Waals surface area contributed by atoms with E-state index in [0.717, 1.165) is 5.52 Å². The minimum atomic E-state index is 0.376. The number of hydrogen-bond acceptors (Lipinski definition) is 2. The molecule has 0 radical (unpaired) electrons. The lowest BCUT2D eigenvalue weighted by molar-refractivity contribution is 0.639. The predicted octanol–water partition coefficient (Wildman–Crippen LogP) is 3.51. The number of aryl methyl sites for hydroxylation is 1. The molecule has 1 fully saturated rings. The molecule has 1 unspecified atom stereocenters. The van der Waals surface area contributed by atoms with Gasteiger partial charge in [0.25, 0.3) is 0 Å². The van der Waals surface area contributed by atoms with Crippen molar-refractivity contribution in [3.05, 3.63) is 29.6 Å². The van der Waals surface area contributed by atoms with Crippen molar-refractivity contribution in [3.8, 4) is 0 Å². The summed E-state index contributed by atoms with van der Waals surface area (Å²) >= 11 is 0. The van der Waals surface area contributed by atoms with Crippen molar-refractivity contribution in [2.45, 2.75) is 44.6 Å². The summed E-state index contributed by atoms with van der Waals surface area (Å²) in [4.78, 5) is 4.91. The molecule has 1 saturated carbocycles. The van der Waals surface area contributed by atoms with Gasteiger partial charge in [0, 0.05) is 19.0 Å². The Bertz CT molecular complexity index is 579. The summed E-state index contributed by atoms with van der Waals surface area (Å²) in [5.74, 6) is 1.95. The Morgan fingerprint density at radius 3 is 2.74 bits per heavy atom. The van der Waals surface area contributed by atoms with Gasteiger partial charge in [-0.25, -0.2) is 4.98 Å². The highest BCUT2D eigenvalue weighted by Crippen LogP contribution is 2.35. The number of aromatic nitrogens is 2. The van der Waals surface area contributed by atoms with Gasteiger partial charge >= 0.3 is 0 Å². The van der Waals surface area contributed by atoms with Crippen LogP contribution in [0.15, 0.2) is 18.2 Å². The van der Waals surface area contributed by atoms with Crippen LogP contribution in [0, 0.1) is 0 Å². The molecule has 1 heterocycles. The smallest absolute Gasteiger partial charge is 0.112 e. The molecule has 3 nitrogen and oxygen atoms in total. The zero-order valence-corrected chi connectivity index (χ0v) is 12.1. The van der Waals surface area contributed by atoms with Crippen molar-refractivity contribution < 1.29 is 0 Å². The molecule has 2 aromatic rings. The Balaban J connectivity index is 2.04. The third-order valence-electron chi connectivity index (χ3n) is 4.59. The summed E-state index contributed by atoms with van der Waals surface area (Å²) in [7, 11) is 4.15. The van der Waals surface area contributed by atoms with Crippen LogP contribution in [0.4, 0.5) is 0 Å². The average molecular weight is 257 g/mol. The zero-order valence-electron chi connectivity index (χ0n) is 12.1. The number of nitrogens with zero attached hydrogens (tertiary/aromatic N) is 2. The Morgan fingerprint density at radius 2 is 2.05 bits per heavy atom. The Kier molecular flexibility index (Phi) is 3.31. The van der Waals surface area contributed by atoms with Gasteiger partial charge in [-0.05, 0) is 44.5 Å². The van der Waals surface area contributed by atoms with Crippen LogP contribution in [0.3, 0.4) is 0 Å². The van der Waals surface area contributed by atoms with Gasteiger partial charge in [-0.3, -0.25) is 0 Å². The summed E-state index contributed by atoms with van der Waals surface area (Å²) in [5.41, 5.74) is 3.71. The molecule has 0 bridgehead atoms. The molecule has 1 aromatic carbocycles. The second-order valence-electron chi connectivity index (χ2n) is 5.77. The molecule has 19 heavy (non-hydrogen) atoms. The van der Waals surface area contributed by atoms with Gasteiger partial charge < -0.3 is 9.88 Å². The van der Waals surface area contributed by atoms with E-state index in [0.29, 0.717) is 12.0 Å². The van der Waals surface area contributed by atoms with Crippen molar-refractivity contribution in [3.63, 3.8) is 0 Å². The zero-order chi connectivity index (χ0) is 13.4. The number of benzene rings is 1. The van der Waals surface area contributed by atoms with E-state index >= 15 is 0 Å². The van der Waals surface area contributed by atoms with Crippen LogP contribution in [0.25, 0.3) is 11.0 Å². The third kappa shape index (κ3) is 2.16. The van der Waals surface area contributed by atoms with E-state index in [9.17, 15) is 0 Å². The number of fused-ring (bicyclic) bond motifs is 1. The Morgan fingerprint density at radius 1 is 1.32 bits per heavy atom. The van der Waals surface area contributed by atoms with Gasteiger partial charge in [-0.2, -0.15) is 0 Å². The van der Waals surface area contributed by atoms with Crippen LogP contribution in [-0.4, -0.2) is 16.6 Å². The highest BCUT2D eigenvalue weighted by atomic mass is 15.1. The maximum Gasteiger partial charge on any atom is 0.112 e. The Labute approximate surface area is 115 Å². The molecule has 1 atom stereocenters. The van der Waals surface area contributed by atoms with E-state index in [2.05, 4.69) is 42.1 Å². The first kappa shape index (κ1) is 12.7. The molecule has 0 spiro atoms. The van der Waals surface area contributed by atoms with Gasteiger partial charge in [0.05, 0.1) is 11.0 Å². The highest BCUT2D eigenvalue weighted by molar-refractivity contribution is 5.77. The lowest BCUT2D eigenvalue weighted by Gasteiger charge is -2.10. The highest BCUT2D eigenvalue weighted by Gasteiger charge is 2.22. The number of rotatable bonds is 3. The third-order valence-corrected chi connectivity index (χ3v) is 4.59. The standard InChI is InChI=1S/C16H23N3/c1-11(17-2)13-8-9-15-14(10-13)18-16(19(15)3)12-6-4-5-7-12/h8-12,17H,4-7H2,1-3H3. The van der Waals surface area contributed by atoms with Gasteiger partial charge in [0.2, 0.25) is 0 Å². The van der Waals surface area contributed by atoms with Gasteiger partial charge in [0.1, 0.15) is 5.82 Å². The van der Waals surface area contributed by atoms with Crippen LogP contribution in [0.1, 0.15) is 56.0 Å². The maximum absolute atomic E-state index is 4.91. The minimum Gasteiger partial charge on any atom is -0.331 e. The fourth-order valence-electron chi connectivity index (χ4n) is 3.22. The molecule has 0 amide bonds. The molecule has 1 N–H and O–H groups in total.